The normalized spacial score (nSPS) is 12.7. The number of rotatable bonds is 8. The van der Waals surface area contributed by atoms with E-state index in [1.165, 1.54) is 18.6 Å². The Balaban J connectivity index is 0.00000484. The van der Waals surface area contributed by atoms with Gasteiger partial charge in [0.15, 0.2) is 5.96 Å². The molecule has 0 amide bonds. The molecule has 0 aromatic heterocycles. The number of aliphatic hydroxyl groups excluding tert-OH is 1. The van der Waals surface area contributed by atoms with E-state index < -0.39 is 6.10 Å². The van der Waals surface area contributed by atoms with Crippen LogP contribution in [-0.2, 0) is 0 Å². The zero-order valence-corrected chi connectivity index (χ0v) is 16.5. The van der Waals surface area contributed by atoms with Crippen LogP contribution in [0.3, 0.4) is 0 Å². The Morgan fingerprint density at radius 2 is 1.87 bits per heavy atom. The number of guanidine groups is 1. The van der Waals surface area contributed by atoms with Crippen LogP contribution >= 0.6 is 24.0 Å². The van der Waals surface area contributed by atoms with Crippen molar-refractivity contribution in [2.45, 2.75) is 39.7 Å². The first-order valence-electron chi connectivity index (χ1n) is 7.98. The fourth-order valence-electron chi connectivity index (χ4n) is 2.03. The van der Waals surface area contributed by atoms with E-state index in [1.807, 2.05) is 6.92 Å². The lowest BCUT2D eigenvalue weighted by Gasteiger charge is -2.13. The minimum Gasteiger partial charge on any atom is -0.386 e. The lowest BCUT2D eigenvalue weighted by atomic mass is 10.1. The number of hydrogen-bond donors (Lipinski definition) is 3. The molecule has 0 aliphatic rings. The van der Waals surface area contributed by atoms with E-state index in [0.29, 0.717) is 17.4 Å². The quantitative estimate of drug-likeness (QED) is 0.253. The van der Waals surface area contributed by atoms with Crippen molar-refractivity contribution in [3.8, 4) is 0 Å². The predicted molar refractivity (Wildman–Crippen MR) is 105 cm³/mol. The van der Waals surface area contributed by atoms with Gasteiger partial charge in [0, 0.05) is 13.1 Å². The van der Waals surface area contributed by atoms with Crippen molar-refractivity contribution in [3.05, 3.63) is 35.6 Å². The van der Waals surface area contributed by atoms with Crippen LogP contribution < -0.4 is 10.6 Å². The summed E-state index contributed by atoms with van der Waals surface area (Å²) in [6.45, 7) is 8.28. The van der Waals surface area contributed by atoms with E-state index in [9.17, 15) is 9.50 Å². The molecule has 0 bridgehead atoms. The Morgan fingerprint density at radius 3 is 2.43 bits per heavy atom. The molecule has 0 saturated heterocycles. The lowest BCUT2D eigenvalue weighted by molar-refractivity contribution is 0.187. The van der Waals surface area contributed by atoms with Gasteiger partial charge in [-0.2, -0.15) is 0 Å². The number of benzene rings is 1. The van der Waals surface area contributed by atoms with Crippen molar-refractivity contribution in [1.29, 1.82) is 0 Å². The average molecular weight is 437 g/mol. The predicted octanol–water partition coefficient (Wildman–Crippen LogP) is 3.47. The van der Waals surface area contributed by atoms with Crippen LogP contribution in [0, 0.1) is 11.7 Å². The molecule has 0 saturated carbocycles. The molecule has 1 atom stereocenters. The van der Waals surface area contributed by atoms with Gasteiger partial charge in [-0.1, -0.05) is 26.0 Å². The van der Waals surface area contributed by atoms with Gasteiger partial charge in [0.25, 0.3) is 0 Å². The van der Waals surface area contributed by atoms with Gasteiger partial charge in [0.1, 0.15) is 5.82 Å². The second kappa shape index (κ2) is 12.5. The number of aliphatic hydroxyl groups is 1. The molecule has 0 fully saturated rings. The zero-order valence-electron chi connectivity index (χ0n) is 14.2. The maximum Gasteiger partial charge on any atom is 0.191 e. The fourth-order valence-corrected chi connectivity index (χ4v) is 2.03. The fraction of sp³-hybridized carbons (Fsp3) is 0.588. The van der Waals surface area contributed by atoms with Gasteiger partial charge in [-0.05, 0) is 43.4 Å². The number of halogens is 2. The number of nitrogens with one attached hydrogen (secondary N) is 2. The maximum atomic E-state index is 12.9. The first kappa shape index (κ1) is 22.1. The van der Waals surface area contributed by atoms with Gasteiger partial charge >= 0.3 is 0 Å². The van der Waals surface area contributed by atoms with Gasteiger partial charge in [-0.15, -0.1) is 24.0 Å². The molecule has 23 heavy (non-hydrogen) atoms. The smallest absolute Gasteiger partial charge is 0.191 e. The number of nitrogens with zero attached hydrogens (tertiary/aromatic N) is 1. The highest BCUT2D eigenvalue weighted by atomic mass is 127. The molecule has 0 heterocycles. The lowest BCUT2D eigenvalue weighted by Crippen LogP contribution is -2.38. The highest BCUT2D eigenvalue weighted by molar-refractivity contribution is 14.0. The van der Waals surface area contributed by atoms with Crippen LogP contribution in [0.4, 0.5) is 4.39 Å². The molecule has 0 aliphatic carbocycles. The number of aliphatic imine (C=N–C) groups is 1. The summed E-state index contributed by atoms with van der Waals surface area (Å²) in [5.41, 5.74) is 0.667. The van der Waals surface area contributed by atoms with Crippen LogP contribution in [-0.4, -0.2) is 30.7 Å². The van der Waals surface area contributed by atoms with Crippen LogP contribution in [0.2, 0.25) is 0 Å². The molecule has 0 spiro atoms. The molecule has 1 aromatic carbocycles. The minimum absolute atomic E-state index is 0. The van der Waals surface area contributed by atoms with Crippen LogP contribution in [0.5, 0.6) is 0 Å². The molecule has 1 aromatic rings. The van der Waals surface area contributed by atoms with Gasteiger partial charge in [-0.25, -0.2) is 4.39 Å². The van der Waals surface area contributed by atoms with Crippen LogP contribution in [0.15, 0.2) is 29.3 Å². The van der Waals surface area contributed by atoms with E-state index >= 15 is 0 Å². The highest BCUT2D eigenvalue weighted by Gasteiger charge is 2.07. The molecule has 0 aliphatic heterocycles. The van der Waals surface area contributed by atoms with Crippen molar-refractivity contribution in [3.63, 3.8) is 0 Å². The average Bonchev–Trinajstić information content (AvgIpc) is 2.49. The third-order valence-corrected chi connectivity index (χ3v) is 3.27. The van der Waals surface area contributed by atoms with Gasteiger partial charge in [0.2, 0.25) is 0 Å². The van der Waals surface area contributed by atoms with Gasteiger partial charge < -0.3 is 15.7 Å². The van der Waals surface area contributed by atoms with E-state index in [4.69, 9.17) is 0 Å². The molecule has 6 heteroatoms. The third kappa shape index (κ3) is 9.76. The first-order valence-corrected chi connectivity index (χ1v) is 7.98. The van der Waals surface area contributed by atoms with Crippen LogP contribution in [0.1, 0.15) is 45.3 Å². The summed E-state index contributed by atoms with van der Waals surface area (Å²) >= 11 is 0. The summed E-state index contributed by atoms with van der Waals surface area (Å²) in [5.74, 6) is 1.09. The third-order valence-electron chi connectivity index (χ3n) is 3.27. The molecular formula is C17H29FIN3O. The Kier molecular flexibility index (Phi) is 12.0. The maximum absolute atomic E-state index is 12.9. The van der Waals surface area contributed by atoms with Crippen molar-refractivity contribution < 1.29 is 9.50 Å². The summed E-state index contributed by atoms with van der Waals surface area (Å²) in [7, 11) is 0. The SMILES string of the molecule is CCNC(=NCC(O)c1ccc(F)cc1)NCCCC(C)C.I. The Hall–Kier alpha value is -0.890. The molecule has 1 rings (SSSR count). The summed E-state index contributed by atoms with van der Waals surface area (Å²) in [6, 6.07) is 5.85. The monoisotopic (exact) mass is 437 g/mol. The van der Waals surface area contributed by atoms with E-state index in [2.05, 4.69) is 29.5 Å². The van der Waals surface area contributed by atoms with Gasteiger partial charge in [-0.3, -0.25) is 4.99 Å². The number of hydrogen-bond acceptors (Lipinski definition) is 2. The van der Waals surface area contributed by atoms with Crippen LogP contribution in [0.25, 0.3) is 0 Å². The van der Waals surface area contributed by atoms with E-state index in [-0.39, 0.29) is 36.3 Å². The second-order valence-corrected chi connectivity index (χ2v) is 5.75. The second-order valence-electron chi connectivity index (χ2n) is 5.75. The van der Waals surface area contributed by atoms with Gasteiger partial charge in [0.05, 0.1) is 12.6 Å². The zero-order chi connectivity index (χ0) is 16.4. The summed E-state index contributed by atoms with van der Waals surface area (Å²) in [4.78, 5) is 4.38. The molecule has 132 valence electrons. The molecule has 0 radical (unpaired) electrons. The molecular weight excluding hydrogens is 408 g/mol. The Labute approximate surface area is 156 Å². The highest BCUT2D eigenvalue weighted by Crippen LogP contribution is 2.13. The Bertz CT molecular complexity index is 452. The van der Waals surface area contributed by atoms with Crippen molar-refractivity contribution >= 4 is 29.9 Å². The topological polar surface area (TPSA) is 56.7 Å². The van der Waals surface area contributed by atoms with Crippen molar-refractivity contribution in [2.75, 3.05) is 19.6 Å². The summed E-state index contributed by atoms with van der Waals surface area (Å²) < 4.78 is 12.9. The van der Waals surface area contributed by atoms with Crippen molar-refractivity contribution in [2.24, 2.45) is 10.9 Å². The molecule has 3 N–H and O–H groups in total. The Morgan fingerprint density at radius 1 is 1.22 bits per heavy atom. The molecule has 1 unspecified atom stereocenters. The van der Waals surface area contributed by atoms with Crippen molar-refractivity contribution in [1.82, 2.24) is 10.6 Å². The van der Waals surface area contributed by atoms with E-state index in [1.54, 1.807) is 12.1 Å². The first-order chi connectivity index (χ1) is 10.5. The van der Waals surface area contributed by atoms with E-state index in [0.717, 1.165) is 19.5 Å². The largest absolute Gasteiger partial charge is 0.386 e. The summed E-state index contributed by atoms with van der Waals surface area (Å²) in [6.07, 6.45) is 1.53. The standard InChI is InChI=1S/C17H28FN3O.HI/c1-4-19-17(20-11-5-6-13(2)3)21-12-16(22)14-7-9-15(18)10-8-14;/h7-10,13,16,22H,4-6,11-12H2,1-3H3,(H2,19,20,21);1H. The minimum atomic E-state index is -0.730. The molecule has 4 nitrogen and oxygen atoms in total. The summed E-state index contributed by atoms with van der Waals surface area (Å²) in [5, 5.41) is 16.5.